The Morgan fingerprint density at radius 1 is 1.31 bits per heavy atom. The normalized spacial score (nSPS) is 37.4. The van der Waals surface area contributed by atoms with E-state index >= 15 is 0 Å². The first kappa shape index (κ1) is 9.34. The van der Waals surface area contributed by atoms with E-state index in [1.54, 1.807) is 0 Å². The zero-order valence-electron chi connectivity index (χ0n) is 7.10. The van der Waals surface area contributed by atoms with E-state index < -0.39 is 8.60 Å². The standard InChI is InChI=1S/C7H11O5P/c8-6-9-2-1-7-3-10-13(11-4-7)12-5-7/h6H,1-5H2. The molecule has 0 spiro atoms. The lowest BCUT2D eigenvalue weighted by atomic mass is 9.88. The highest BCUT2D eigenvalue weighted by molar-refractivity contribution is 7.41. The summed E-state index contributed by atoms with van der Waals surface area (Å²) in [5.41, 5.74) is -0.0971. The van der Waals surface area contributed by atoms with E-state index in [9.17, 15) is 4.79 Å². The fraction of sp³-hybridized carbons (Fsp3) is 0.857. The maximum atomic E-state index is 9.94. The third kappa shape index (κ3) is 1.99. The smallest absolute Gasteiger partial charge is 0.332 e. The molecular formula is C7H11O5P. The first-order valence-corrected chi connectivity index (χ1v) is 5.18. The molecule has 13 heavy (non-hydrogen) atoms. The van der Waals surface area contributed by atoms with Crippen LogP contribution in [0, 0.1) is 5.41 Å². The molecule has 3 aliphatic heterocycles. The van der Waals surface area contributed by atoms with Crippen molar-refractivity contribution in [3.8, 4) is 0 Å². The number of rotatable bonds is 4. The third-order valence-electron chi connectivity index (χ3n) is 2.25. The summed E-state index contributed by atoms with van der Waals surface area (Å²) in [5.74, 6) is 0. The molecule has 0 radical (unpaired) electrons. The van der Waals surface area contributed by atoms with Crippen LogP contribution < -0.4 is 0 Å². The van der Waals surface area contributed by atoms with E-state index in [-0.39, 0.29) is 5.41 Å². The van der Waals surface area contributed by atoms with Gasteiger partial charge in [-0.3, -0.25) is 4.79 Å². The summed E-state index contributed by atoms with van der Waals surface area (Å²) >= 11 is 0. The van der Waals surface area contributed by atoms with Crippen molar-refractivity contribution < 1.29 is 23.1 Å². The minimum absolute atomic E-state index is 0.0971. The van der Waals surface area contributed by atoms with Crippen LogP contribution in [0.25, 0.3) is 0 Å². The fourth-order valence-electron chi connectivity index (χ4n) is 1.35. The Hall–Kier alpha value is -0.220. The SMILES string of the molecule is O=COCCC12COP(OC1)OC2. The van der Waals surface area contributed by atoms with Gasteiger partial charge in [0.15, 0.2) is 0 Å². The van der Waals surface area contributed by atoms with Crippen molar-refractivity contribution in [2.24, 2.45) is 5.41 Å². The molecule has 3 rings (SSSR count). The summed E-state index contributed by atoms with van der Waals surface area (Å²) in [5, 5.41) is 0. The molecule has 3 fully saturated rings. The molecule has 0 saturated carbocycles. The maximum absolute atomic E-state index is 9.94. The highest BCUT2D eigenvalue weighted by atomic mass is 31.2. The summed E-state index contributed by atoms with van der Waals surface area (Å²) in [6, 6.07) is 0. The van der Waals surface area contributed by atoms with Gasteiger partial charge in [0, 0.05) is 5.41 Å². The molecule has 0 unspecified atom stereocenters. The monoisotopic (exact) mass is 206 g/mol. The largest absolute Gasteiger partial charge is 0.468 e. The zero-order valence-corrected chi connectivity index (χ0v) is 8.00. The van der Waals surface area contributed by atoms with E-state index in [1.165, 1.54) is 0 Å². The molecule has 6 heteroatoms. The van der Waals surface area contributed by atoms with Gasteiger partial charge >= 0.3 is 8.60 Å². The summed E-state index contributed by atoms with van der Waals surface area (Å²) < 4.78 is 20.5. The molecule has 74 valence electrons. The van der Waals surface area contributed by atoms with E-state index in [0.29, 0.717) is 32.9 Å². The number of ether oxygens (including phenoxy) is 1. The molecule has 0 N–H and O–H groups in total. The van der Waals surface area contributed by atoms with Crippen LogP contribution in [0.4, 0.5) is 0 Å². The summed E-state index contributed by atoms with van der Waals surface area (Å²) in [6.45, 7) is 2.82. The predicted octanol–water partition coefficient (Wildman–Crippen LogP) is 0.840. The van der Waals surface area contributed by atoms with Gasteiger partial charge in [-0.25, -0.2) is 0 Å². The quantitative estimate of drug-likeness (QED) is 0.387. The van der Waals surface area contributed by atoms with Gasteiger partial charge in [-0.05, 0) is 6.42 Å². The number of hydrogen-bond donors (Lipinski definition) is 0. The minimum atomic E-state index is -1.06. The number of fused-ring (bicyclic) bond motifs is 3. The summed E-state index contributed by atoms with van der Waals surface area (Å²) in [4.78, 5) is 9.94. The molecule has 2 bridgehead atoms. The third-order valence-corrected chi connectivity index (χ3v) is 3.27. The van der Waals surface area contributed by atoms with Crippen LogP contribution in [0.1, 0.15) is 6.42 Å². The predicted molar refractivity (Wildman–Crippen MR) is 43.8 cm³/mol. The van der Waals surface area contributed by atoms with Crippen LogP contribution in [0.2, 0.25) is 0 Å². The Bertz CT molecular complexity index is 176. The van der Waals surface area contributed by atoms with E-state index in [1.807, 2.05) is 0 Å². The lowest BCUT2D eigenvalue weighted by Gasteiger charge is -2.43. The van der Waals surface area contributed by atoms with Crippen molar-refractivity contribution in [3.63, 3.8) is 0 Å². The van der Waals surface area contributed by atoms with Crippen LogP contribution in [-0.4, -0.2) is 32.9 Å². The Balaban J connectivity index is 1.84. The molecule has 0 aromatic rings. The Morgan fingerprint density at radius 2 is 1.92 bits per heavy atom. The van der Waals surface area contributed by atoms with Gasteiger partial charge in [-0.2, -0.15) is 0 Å². The molecule has 0 atom stereocenters. The summed E-state index contributed by atoms with van der Waals surface area (Å²) in [7, 11) is -1.06. The topological polar surface area (TPSA) is 54.0 Å². The molecule has 0 aliphatic carbocycles. The first-order chi connectivity index (χ1) is 6.35. The maximum Gasteiger partial charge on any atom is 0.332 e. The van der Waals surface area contributed by atoms with Crippen molar-refractivity contribution in [2.45, 2.75) is 6.42 Å². The first-order valence-electron chi connectivity index (χ1n) is 4.09. The van der Waals surface area contributed by atoms with Crippen LogP contribution in [0.3, 0.4) is 0 Å². The van der Waals surface area contributed by atoms with Gasteiger partial charge in [-0.15, -0.1) is 0 Å². The number of carbonyl (C=O) groups is 1. The lowest BCUT2D eigenvalue weighted by molar-refractivity contribution is -0.132. The molecule has 3 aliphatic rings. The fourth-order valence-corrected chi connectivity index (χ4v) is 2.71. The lowest BCUT2D eigenvalue weighted by Crippen LogP contribution is -2.44. The molecular weight excluding hydrogens is 195 g/mol. The molecule has 5 nitrogen and oxygen atoms in total. The van der Waals surface area contributed by atoms with Crippen LogP contribution in [0.15, 0.2) is 0 Å². The van der Waals surface area contributed by atoms with Crippen LogP contribution >= 0.6 is 8.60 Å². The molecule has 0 aromatic carbocycles. The van der Waals surface area contributed by atoms with Crippen molar-refractivity contribution in [1.82, 2.24) is 0 Å². The number of carbonyl (C=O) groups excluding carboxylic acids is 1. The van der Waals surface area contributed by atoms with Gasteiger partial charge in [0.2, 0.25) is 0 Å². The zero-order chi connectivity index (χ0) is 9.15. The van der Waals surface area contributed by atoms with Crippen LogP contribution in [-0.2, 0) is 23.1 Å². The average Bonchev–Trinajstić information content (AvgIpc) is 2.21. The second-order valence-electron chi connectivity index (χ2n) is 3.26. The average molecular weight is 206 g/mol. The Kier molecular flexibility index (Phi) is 2.79. The molecule has 0 amide bonds. The van der Waals surface area contributed by atoms with Crippen LogP contribution in [0.5, 0.6) is 0 Å². The molecule has 3 heterocycles. The van der Waals surface area contributed by atoms with E-state index in [0.717, 1.165) is 6.42 Å². The van der Waals surface area contributed by atoms with Crippen molar-refractivity contribution >= 4 is 15.1 Å². The molecule has 3 saturated heterocycles. The van der Waals surface area contributed by atoms with Crippen molar-refractivity contribution in [3.05, 3.63) is 0 Å². The van der Waals surface area contributed by atoms with E-state index in [4.69, 9.17) is 13.6 Å². The molecule has 0 aromatic heterocycles. The number of hydrogen-bond acceptors (Lipinski definition) is 5. The highest BCUT2D eigenvalue weighted by Gasteiger charge is 2.44. The Labute approximate surface area is 77.3 Å². The van der Waals surface area contributed by atoms with Gasteiger partial charge in [0.25, 0.3) is 6.47 Å². The Morgan fingerprint density at radius 3 is 2.46 bits per heavy atom. The van der Waals surface area contributed by atoms with Gasteiger partial charge in [-0.1, -0.05) is 0 Å². The highest BCUT2D eigenvalue weighted by Crippen LogP contribution is 2.54. The van der Waals surface area contributed by atoms with Crippen molar-refractivity contribution in [1.29, 1.82) is 0 Å². The summed E-state index contributed by atoms with van der Waals surface area (Å²) in [6.07, 6.45) is 0.731. The van der Waals surface area contributed by atoms with E-state index in [2.05, 4.69) is 4.74 Å². The van der Waals surface area contributed by atoms with Crippen molar-refractivity contribution in [2.75, 3.05) is 26.4 Å². The second-order valence-corrected chi connectivity index (χ2v) is 4.48. The van der Waals surface area contributed by atoms with Gasteiger partial charge in [0.1, 0.15) is 0 Å². The van der Waals surface area contributed by atoms with Gasteiger partial charge < -0.3 is 18.3 Å². The second kappa shape index (κ2) is 3.88. The minimum Gasteiger partial charge on any atom is -0.468 e. The van der Waals surface area contributed by atoms with Gasteiger partial charge in [0.05, 0.1) is 26.4 Å².